The third-order valence-electron chi connectivity index (χ3n) is 3.30. The first-order chi connectivity index (χ1) is 9.12. The van der Waals surface area contributed by atoms with Gasteiger partial charge < -0.3 is 14.6 Å². The van der Waals surface area contributed by atoms with Crippen molar-refractivity contribution in [3.63, 3.8) is 0 Å². The Morgan fingerprint density at radius 3 is 2.84 bits per heavy atom. The predicted octanol–water partition coefficient (Wildman–Crippen LogP) is 1.98. The summed E-state index contributed by atoms with van der Waals surface area (Å²) in [6, 6.07) is 0. The zero-order valence-corrected chi connectivity index (χ0v) is 12.2. The van der Waals surface area contributed by atoms with E-state index in [0.717, 1.165) is 38.8 Å². The van der Waals surface area contributed by atoms with Crippen molar-refractivity contribution >= 4 is 5.97 Å². The Morgan fingerprint density at radius 1 is 1.47 bits per heavy atom. The summed E-state index contributed by atoms with van der Waals surface area (Å²) in [6.45, 7) is 5.77. The van der Waals surface area contributed by atoms with Crippen LogP contribution in [-0.2, 0) is 16.1 Å². The van der Waals surface area contributed by atoms with E-state index in [2.05, 4.69) is 21.8 Å². The smallest absolute Gasteiger partial charge is 0.325 e. The van der Waals surface area contributed by atoms with E-state index in [4.69, 9.17) is 4.74 Å². The quantitative estimate of drug-likeness (QED) is 0.549. The first kappa shape index (κ1) is 15.7. The summed E-state index contributed by atoms with van der Waals surface area (Å²) in [5.41, 5.74) is -0.570. The third-order valence-corrected chi connectivity index (χ3v) is 3.30. The van der Waals surface area contributed by atoms with Gasteiger partial charge in [-0.3, -0.25) is 4.79 Å². The predicted molar refractivity (Wildman–Crippen MR) is 74.8 cm³/mol. The molecule has 1 rings (SSSR count). The highest BCUT2D eigenvalue weighted by Gasteiger charge is 2.32. The monoisotopic (exact) mass is 267 g/mol. The number of nitrogens with zero attached hydrogens (tertiary/aromatic N) is 2. The maximum absolute atomic E-state index is 11.9. The molecular weight excluding hydrogens is 242 g/mol. The summed E-state index contributed by atoms with van der Waals surface area (Å²) < 4.78 is 6.95. The first-order valence-electron chi connectivity index (χ1n) is 6.91. The number of hydrogen-bond donors (Lipinski definition) is 1. The number of rotatable bonds is 9. The van der Waals surface area contributed by atoms with Gasteiger partial charge in [0.1, 0.15) is 5.54 Å². The van der Waals surface area contributed by atoms with Crippen LogP contribution in [0, 0.1) is 0 Å². The van der Waals surface area contributed by atoms with E-state index < -0.39 is 5.54 Å². The lowest BCUT2D eigenvalue weighted by Crippen LogP contribution is -2.50. The average Bonchev–Trinajstić information content (AvgIpc) is 2.93. The van der Waals surface area contributed by atoms with Gasteiger partial charge in [-0.15, -0.1) is 0 Å². The van der Waals surface area contributed by atoms with Crippen molar-refractivity contribution in [2.75, 3.05) is 13.7 Å². The van der Waals surface area contributed by atoms with Crippen LogP contribution in [0.2, 0.25) is 0 Å². The molecule has 0 aliphatic heterocycles. The van der Waals surface area contributed by atoms with Gasteiger partial charge in [0.05, 0.1) is 13.4 Å². The molecule has 0 amide bonds. The van der Waals surface area contributed by atoms with E-state index in [1.54, 1.807) is 6.20 Å². The maximum atomic E-state index is 11.9. The van der Waals surface area contributed by atoms with Gasteiger partial charge in [0, 0.05) is 18.9 Å². The van der Waals surface area contributed by atoms with Crippen molar-refractivity contribution in [3.8, 4) is 0 Å². The van der Waals surface area contributed by atoms with Crippen LogP contribution in [0.1, 0.15) is 39.5 Å². The summed E-state index contributed by atoms with van der Waals surface area (Å²) in [5, 5.41) is 3.30. The fourth-order valence-corrected chi connectivity index (χ4v) is 2.08. The molecule has 108 valence electrons. The topological polar surface area (TPSA) is 56.2 Å². The number of ether oxygens (including phenoxy) is 1. The van der Waals surface area contributed by atoms with Crippen molar-refractivity contribution in [2.24, 2.45) is 0 Å². The molecule has 5 nitrogen and oxygen atoms in total. The van der Waals surface area contributed by atoms with Crippen LogP contribution >= 0.6 is 0 Å². The molecule has 1 aromatic heterocycles. The van der Waals surface area contributed by atoms with Crippen LogP contribution in [-0.4, -0.2) is 34.7 Å². The van der Waals surface area contributed by atoms with Crippen molar-refractivity contribution < 1.29 is 9.53 Å². The Morgan fingerprint density at radius 2 is 2.26 bits per heavy atom. The number of methoxy groups -OCH3 is 1. The number of carbonyl (C=O) groups excluding carboxylic acids is 1. The number of carbonyl (C=O) groups is 1. The van der Waals surface area contributed by atoms with Crippen molar-refractivity contribution in [1.29, 1.82) is 0 Å². The first-order valence-corrected chi connectivity index (χ1v) is 6.91. The van der Waals surface area contributed by atoms with Gasteiger partial charge in [-0.25, -0.2) is 4.98 Å². The van der Waals surface area contributed by atoms with Crippen LogP contribution in [0.25, 0.3) is 0 Å². The Labute approximate surface area is 115 Å². The molecule has 0 aliphatic rings. The lowest BCUT2D eigenvalue weighted by Gasteiger charge is -2.28. The zero-order valence-electron chi connectivity index (χ0n) is 12.2. The second kappa shape index (κ2) is 7.94. The fourth-order valence-electron chi connectivity index (χ4n) is 2.08. The van der Waals surface area contributed by atoms with E-state index >= 15 is 0 Å². The fraction of sp³-hybridized carbons (Fsp3) is 0.714. The van der Waals surface area contributed by atoms with Gasteiger partial charge in [0.2, 0.25) is 0 Å². The maximum Gasteiger partial charge on any atom is 0.325 e. The minimum absolute atomic E-state index is 0.177. The molecular formula is C14H25N3O2. The SMILES string of the molecule is CCCNC(C)(CCCCn1ccnc1)C(=O)OC. The number of imidazole rings is 1. The minimum Gasteiger partial charge on any atom is -0.468 e. The van der Waals surface area contributed by atoms with Gasteiger partial charge >= 0.3 is 5.97 Å². The molecule has 1 unspecified atom stereocenters. The van der Waals surface area contributed by atoms with E-state index in [-0.39, 0.29) is 5.97 Å². The van der Waals surface area contributed by atoms with Gasteiger partial charge in [-0.1, -0.05) is 6.92 Å². The highest BCUT2D eigenvalue weighted by Crippen LogP contribution is 2.16. The molecule has 0 aromatic carbocycles. The van der Waals surface area contributed by atoms with Gasteiger partial charge in [-0.2, -0.15) is 0 Å². The molecule has 1 atom stereocenters. The van der Waals surface area contributed by atoms with E-state index in [9.17, 15) is 4.79 Å². The van der Waals surface area contributed by atoms with Crippen LogP contribution in [0.5, 0.6) is 0 Å². The molecule has 19 heavy (non-hydrogen) atoms. The Hall–Kier alpha value is -1.36. The number of aromatic nitrogens is 2. The van der Waals surface area contributed by atoms with Crippen LogP contribution in [0.3, 0.4) is 0 Å². The third kappa shape index (κ3) is 5.03. The van der Waals surface area contributed by atoms with Crippen molar-refractivity contribution in [2.45, 2.75) is 51.6 Å². The molecule has 1 aromatic rings. The molecule has 0 saturated carbocycles. The van der Waals surface area contributed by atoms with Crippen LogP contribution in [0.15, 0.2) is 18.7 Å². The van der Waals surface area contributed by atoms with E-state index in [1.165, 1.54) is 7.11 Å². The van der Waals surface area contributed by atoms with Crippen molar-refractivity contribution in [3.05, 3.63) is 18.7 Å². The minimum atomic E-state index is -0.570. The normalized spacial score (nSPS) is 14.1. The van der Waals surface area contributed by atoms with Crippen LogP contribution in [0.4, 0.5) is 0 Å². The molecule has 0 radical (unpaired) electrons. The number of hydrogen-bond acceptors (Lipinski definition) is 4. The lowest BCUT2D eigenvalue weighted by molar-refractivity contribution is -0.148. The number of aryl methyl sites for hydroxylation is 1. The Kier molecular flexibility index (Phi) is 6.56. The van der Waals surface area contributed by atoms with Gasteiger partial charge in [0.15, 0.2) is 0 Å². The molecule has 5 heteroatoms. The summed E-state index contributed by atoms with van der Waals surface area (Å²) in [5.74, 6) is -0.177. The highest BCUT2D eigenvalue weighted by atomic mass is 16.5. The van der Waals surface area contributed by atoms with E-state index in [0.29, 0.717) is 0 Å². The summed E-state index contributed by atoms with van der Waals surface area (Å²) in [7, 11) is 1.44. The van der Waals surface area contributed by atoms with Gasteiger partial charge in [0.25, 0.3) is 0 Å². The molecule has 0 saturated heterocycles. The van der Waals surface area contributed by atoms with Gasteiger partial charge in [-0.05, 0) is 39.2 Å². The molecule has 1 heterocycles. The molecule has 0 aliphatic carbocycles. The molecule has 0 fully saturated rings. The number of nitrogens with one attached hydrogen (secondary N) is 1. The van der Waals surface area contributed by atoms with Crippen molar-refractivity contribution in [1.82, 2.24) is 14.9 Å². The summed E-state index contributed by atoms with van der Waals surface area (Å²) in [6.07, 6.45) is 9.33. The lowest BCUT2D eigenvalue weighted by atomic mass is 9.94. The highest BCUT2D eigenvalue weighted by molar-refractivity contribution is 5.80. The standard InChI is InChI=1S/C14H25N3O2/c1-4-8-16-14(2,13(18)19-3)7-5-6-10-17-11-9-15-12-17/h9,11-12,16H,4-8,10H2,1-3H3. The average molecular weight is 267 g/mol. The number of esters is 1. The molecule has 1 N–H and O–H groups in total. The second-order valence-electron chi connectivity index (χ2n) is 5.01. The largest absolute Gasteiger partial charge is 0.468 e. The van der Waals surface area contributed by atoms with Crippen LogP contribution < -0.4 is 5.32 Å². The van der Waals surface area contributed by atoms with E-state index in [1.807, 2.05) is 19.4 Å². The molecule has 0 spiro atoms. The second-order valence-corrected chi connectivity index (χ2v) is 5.01. The zero-order chi connectivity index (χ0) is 14.1. The summed E-state index contributed by atoms with van der Waals surface area (Å²) >= 11 is 0. The Bertz CT molecular complexity index is 365. The Balaban J connectivity index is 2.37. The number of unbranched alkanes of at least 4 members (excludes halogenated alkanes) is 1. The molecule has 0 bridgehead atoms. The summed E-state index contributed by atoms with van der Waals surface area (Å²) in [4.78, 5) is 15.9.